The highest BCUT2D eigenvalue weighted by molar-refractivity contribution is 6.32. The van der Waals surface area contributed by atoms with Crippen molar-refractivity contribution >= 4 is 46.3 Å². The highest BCUT2D eigenvalue weighted by Crippen LogP contribution is 2.34. The van der Waals surface area contributed by atoms with Crippen LogP contribution in [0.15, 0.2) is 36.4 Å². The molecule has 0 bridgehead atoms. The van der Waals surface area contributed by atoms with Crippen LogP contribution in [-0.2, 0) is 26.2 Å². The van der Waals surface area contributed by atoms with Crippen LogP contribution in [0.3, 0.4) is 0 Å². The van der Waals surface area contributed by atoms with Gasteiger partial charge in [-0.05, 0) is 52.0 Å². The number of halogens is 4. The van der Waals surface area contributed by atoms with E-state index < -0.39 is 36.1 Å². The van der Waals surface area contributed by atoms with Crippen LogP contribution in [0.25, 0.3) is 11.3 Å². The zero-order valence-corrected chi connectivity index (χ0v) is 35.6. The van der Waals surface area contributed by atoms with Gasteiger partial charge >= 0.3 is 0 Å². The minimum absolute atomic E-state index is 0.119. The molecule has 2 fully saturated rings. The van der Waals surface area contributed by atoms with Gasteiger partial charge < -0.3 is 40.1 Å². The zero-order chi connectivity index (χ0) is 43.7. The summed E-state index contributed by atoms with van der Waals surface area (Å²) in [6, 6.07) is 7.65. The average molecular weight is 892 g/mol. The lowest BCUT2D eigenvalue weighted by molar-refractivity contribution is 0.0664. The third-order valence-electron chi connectivity index (χ3n) is 11.6. The van der Waals surface area contributed by atoms with E-state index in [1.165, 1.54) is 36.4 Å². The molecule has 20 heteroatoms. The number of β-amino-alcohol motifs (C(OH)–C–C–N with tert-alkyl or cyclic N) is 2. The van der Waals surface area contributed by atoms with Gasteiger partial charge in [-0.1, -0.05) is 23.2 Å². The molecule has 6 aromatic rings. The molecule has 4 atom stereocenters. The summed E-state index contributed by atoms with van der Waals surface area (Å²) in [5.41, 5.74) is 8.11. The van der Waals surface area contributed by atoms with Crippen molar-refractivity contribution in [1.29, 1.82) is 0 Å². The number of aliphatic hydroxyl groups is 2. The predicted molar refractivity (Wildman–Crippen MR) is 221 cm³/mol. The Morgan fingerprint density at radius 1 is 0.661 bits per heavy atom. The number of amides is 2. The highest BCUT2D eigenvalue weighted by Gasteiger charge is 2.35. The van der Waals surface area contributed by atoms with Gasteiger partial charge in [-0.15, -0.1) is 0 Å². The molecule has 0 unspecified atom stereocenters. The van der Waals surface area contributed by atoms with E-state index in [0.29, 0.717) is 85.1 Å². The molecule has 0 aliphatic carbocycles. The molecule has 4 aromatic heterocycles. The second kappa shape index (κ2) is 16.3. The Hall–Kier alpha value is -5.50. The van der Waals surface area contributed by atoms with Crippen LogP contribution in [0.4, 0.5) is 8.78 Å². The number of aromatic nitrogens is 6. The molecule has 4 aliphatic rings. The lowest BCUT2D eigenvalue weighted by atomic mass is 10.1. The Bertz CT molecular complexity index is 2610. The van der Waals surface area contributed by atoms with Crippen molar-refractivity contribution in [2.24, 2.45) is 0 Å². The number of rotatable bonds is 6. The largest absolute Gasteiger partial charge is 0.485 e. The average Bonchev–Trinajstić information content (AvgIpc) is 4.11. The van der Waals surface area contributed by atoms with Crippen LogP contribution >= 0.6 is 23.2 Å². The lowest BCUT2D eigenvalue weighted by Gasteiger charge is -2.21. The second-order valence-corrected chi connectivity index (χ2v) is 16.6. The van der Waals surface area contributed by atoms with E-state index in [9.17, 15) is 28.6 Å². The molecule has 4 N–H and O–H groups in total. The number of aryl methyl sites for hydroxylation is 4. The zero-order valence-electron chi connectivity index (χ0n) is 34.0. The van der Waals surface area contributed by atoms with Crippen LogP contribution in [0.1, 0.15) is 66.0 Å². The number of hydrogen-bond acceptors (Lipinski definition) is 12. The van der Waals surface area contributed by atoms with Crippen LogP contribution in [0.5, 0.6) is 11.5 Å². The van der Waals surface area contributed by atoms with Crippen LogP contribution in [-0.4, -0.2) is 112 Å². The summed E-state index contributed by atoms with van der Waals surface area (Å²) < 4.78 is 42.8. The molecule has 2 amide bonds. The topological polar surface area (TPSA) is 184 Å². The molecule has 10 rings (SSSR count). The first kappa shape index (κ1) is 41.8. The molecule has 8 heterocycles. The van der Waals surface area contributed by atoms with Crippen LogP contribution in [0, 0.1) is 39.3 Å². The van der Waals surface area contributed by atoms with Gasteiger partial charge in [0, 0.05) is 49.4 Å². The van der Waals surface area contributed by atoms with Crippen molar-refractivity contribution in [3.05, 3.63) is 114 Å². The number of fused-ring (bicyclic) bond motifs is 6. The van der Waals surface area contributed by atoms with Gasteiger partial charge in [0.1, 0.15) is 47.5 Å². The molecule has 62 heavy (non-hydrogen) atoms. The fourth-order valence-corrected chi connectivity index (χ4v) is 8.49. The van der Waals surface area contributed by atoms with Crippen LogP contribution in [0.2, 0.25) is 10.0 Å². The van der Waals surface area contributed by atoms with Gasteiger partial charge in [0.15, 0.2) is 11.3 Å². The maximum absolute atomic E-state index is 13.9. The molecular formula is C42H42Cl2F2N10O6. The quantitative estimate of drug-likeness (QED) is 0.189. The first-order valence-electron chi connectivity index (χ1n) is 20.0. The van der Waals surface area contributed by atoms with Gasteiger partial charge in [0.25, 0.3) is 11.8 Å². The van der Waals surface area contributed by atoms with Crippen LogP contribution < -0.4 is 20.1 Å². The summed E-state index contributed by atoms with van der Waals surface area (Å²) >= 11 is 12.6. The highest BCUT2D eigenvalue weighted by atomic mass is 35.5. The Labute approximate surface area is 363 Å². The number of benzene rings is 2. The molecule has 16 nitrogen and oxygen atoms in total. The molecule has 2 aromatic carbocycles. The molecule has 324 valence electrons. The minimum atomic E-state index is -0.722. The maximum Gasteiger partial charge on any atom is 0.258 e. The minimum Gasteiger partial charge on any atom is -0.485 e. The number of hydrogen-bond donors (Lipinski definition) is 4. The van der Waals surface area contributed by atoms with Gasteiger partial charge in [-0.3, -0.25) is 9.59 Å². The molecular weight excluding hydrogens is 849 g/mol. The standard InChI is InChI=1S/2C21H21ClFN5O3/c2*1-10-19(22)11(2)28-20(25-10)14-8-27(9-15(14)26-28)21(30)13-4-3-12(23)5-17(13)31-18-7-24-6-16(18)29/h2*3-5,16,18,24,29H,6-9H2,1-2H3/t2*16-,18-/m10/s1. The van der Waals surface area contributed by atoms with E-state index in [0.717, 1.165) is 33.9 Å². The fourth-order valence-electron chi connectivity index (χ4n) is 8.24. The SMILES string of the molecule is Cc1nc2c3c(nn2c(C)c1Cl)CN(C(=O)c1ccc(F)cc1O[C@@H]1CNC[C@H]1O)C3.Cc1nc2c3c(nn2c(C)c1Cl)CN(C(=O)c1ccc(F)cc1O[C@H]1CNC[C@@H]1O)C3. The van der Waals surface area contributed by atoms with Crippen molar-refractivity contribution in [2.75, 3.05) is 26.2 Å². The van der Waals surface area contributed by atoms with Gasteiger partial charge in [-0.25, -0.2) is 27.8 Å². The van der Waals surface area contributed by atoms with Crippen molar-refractivity contribution in [3.63, 3.8) is 0 Å². The maximum atomic E-state index is 13.9. The molecule has 0 saturated carbocycles. The smallest absolute Gasteiger partial charge is 0.258 e. The first-order valence-corrected chi connectivity index (χ1v) is 20.8. The summed E-state index contributed by atoms with van der Waals surface area (Å²) in [6.45, 7) is 10.3. The Balaban J connectivity index is 0.000000158. The molecule has 0 radical (unpaired) electrons. The Kier molecular flexibility index (Phi) is 11.0. The number of nitrogens with zero attached hydrogens (tertiary/aromatic N) is 8. The van der Waals surface area contributed by atoms with E-state index in [-0.39, 0.29) is 34.4 Å². The van der Waals surface area contributed by atoms with E-state index in [1.807, 2.05) is 27.7 Å². The van der Waals surface area contributed by atoms with Gasteiger partial charge in [0.2, 0.25) is 0 Å². The summed E-state index contributed by atoms with van der Waals surface area (Å²) in [5, 5.41) is 36.4. The summed E-state index contributed by atoms with van der Waals surface area (Å²) in [4.78, 5) is 39.0. The monoisotopic (exact) mass is 890 g/mol. The number of nitrogens with one attached hydrogen (secondary N) is 2. The third-order valence-corrected chi connectivity index (χ3v) is 12.7. The molecule has 2 saturated heterocycles. The lowest BCUT2D eigenvalue weighted by Crippen LogP contribution is -2.32. The summed E-state index contributed by atoms with van der Waals surface area (Å²) in [5.74, 6) is -1.38. The molecule has 4 aliphatic heterocycles. The van der Waals surface area contributed by atoms with E-state index >= 15 is 0 Å². The number of aliphatic hydroxyl groups excluding tert-OH is 2. The first-order chi connectivity index (χ1) is 29.7. The Morgan fingerprint density at radius 2 is 1.06 bits per heavy atom. The van der Waals surface area contributed by atoms with Crippen molar-refractivity contribution in [2.45, 2.75) is 78.3 Å². The number of carbonyl (C=O) groups is 2. The third kappa shape index (κ3) is 7.47. The molecule has 0 spiro atoms. The number of carbonyl (C=O) groups excluding carboxylic acids is 2. The van der Waals surface area contributed by atoms with Crippen molar-refractivity contribution in [3.8, 4) is 11.5 Å². The van der Waals surface area contributed by atoms with Crippen molar-refractivity contribution < 1.29 is 38.1 Å². The Morgan fingerprint density at radius 3 is 1.44 bits per heavy atom. The normalized spacial score (nSPS) is 20.5. The van der Waals surface area contributed by atoms with E-state index in [1.54, 1.807) is 18.8 Å². The summed E-state index contributed by atoms with van der Waals surface area (Å²) in [6.07, 6.45) is -2.54. The van der Waals surface area contributed by atoms with E-state index in [4.69, 9.17) is 32.7 Å². The fraction of sp³-hybridized carbons (Fsp3) is 0.381. The second-order valence-electron chi connectivity index (χ2n) is 15.9. The predicted octanol–water partition coefficient (Wildman–Crippen LogP) is 4.01. The van der Waals surface area contributed by atoms with E-state index in [2.05, 4.69) is 30.8 Å². The van der Waals surface area contributed by atoms with Gasteiger partial charge in [0.05, 0.1) is 81.5 Å². The number of ether oxygens (including phenoxy) is 2. The summed E-state index contributed by atoms with van der Waals surface area (Å²) in [7, 11) is 0. The van der Waals surface area contributed by atoms with Crippen molar-refractivity contribution in [1.82, 2.24) is 49.6 Å². The van der Waals surface area contributed by atoms with Gasteiger partial charge in [-0.2, -0.15) is 10.2 Å².